The molecule has 1 saturated heterocycles. The van der Waals surface area contributed by atoms with E-state index in [0.717, 1.165) is 25.1 Å². The lowest BCUT2D eigenvalue weighted by Gasteiger charge is -2.22. The Morgan fingerprint density at radius 3 is 3.10 bits per heavy atom. The molecular formula is C14H16ClN5O. The van der Waals surface area contributed by atoms with Crippen molar-refractivity contribution in [2.75, 3.05) is 18.4 Å². The number of piperidine rings is 1. The van der Waals surface area contributed by atoms with Crippen molar-refractivity contribution in [3.63, 3.8) is 0 Å². The number of hydrogen-bond acceptors (Lipinski definition) is 4. The molecule has 3 rings (SSSR count). The van der Waals surface area contributed by atoms with Gasteiger partial charge in [-0.3, -0.25) is 4.79 Å². The predicted molar refractivity (Wildman–Crippen MR) is 80.6 cm³/mol. The molecule has 1 aromatic carbocycles. The van der Waals surface area contributed by atoms with Crippen LogP contribution < -0.4 is 10.6 Å². The predicted octanol–water partition coefficient (Wildman–Crippen LogP) is 1.86. The van der Waals surface area contributed by atoms with Crippen molar-refractivity contribution < 1.29 is 4.79 Å². The number of hydrogen-bond donors (Lipinski definition) is 2. The maximum absolute atomic E-state index is 12.4. The summed E-state index contributed by atoms with van der Waals surface area (Å²) in [4.78, 5) is 16.3. The zero-order valence-corrected chi connectivity index (χ0v) is 12.2. The number of nitrogens with zero attached hydrogens (tertiary/aromatic N) is 3. The van der Waals surface area contributed by atoms with Crippen LogP contribution in [-0.2, 0) is 4.79 Å². The average Bonchev–Trinajstić information content (AvgIpc) is 3.02. The molecule has 6 nitrogen and oxygen atoms in total. The Morgan fingerprint density at radius 1 is 1.48 bits per heavy atom. The van der Waals surface area contributed by atoms with Gasteiger partial charge in [-0.1, -0.05) is 11.6 Å². The van der Waals surface area contributed by atoms with E-state index < -0.39 is 0 Å². The van der Waals surface area contributed by atoms with Crippen molar-refractivity contribution in [2.24, 2.45) is 5.92 Å². The summed E-state index contributed by atoms with van der Waals surface area (Å²) in [7, 11) is 0. The summed E-state index contributed by atoms with van der Waals surface area (Å²) in [6.07, 6.45) is 4.95. The molecule has 1 aliphatic heterocycles. The van der Waals surface area contributed by atoms with Crippen LogP contribution in [0.25, 0.3) is 5.69 Å². The minimum Gasteiger partial charge on any atom is -0.324 e. The van der Waals surface area contributed by atoms with Crippen molar-refractivity contribution in [1.82, 2.24) is 20.1 Å². The Balaban J connectivity index is 1.84. The molecule has 7 heteroatoms. The Labute approximate surface area is 127 Å². The van der Waals surface area contributed by atoms with Crippen molar-refractivity contribution >= 4 is 23.2 Å². The lowest BCUT2D eigenvalue weighted by atomic mass is 9.99. The maximum atomic E-state index is 12.4. The van der Waals surface area contributed by atoms with Gasteiger partial charge in [-0.15, -0.1) is 0 Å². The second-order valence-electron chi connectivity index (χ2n) is 5.03. The first-order valence-corrected chi connectivity index (χ1v) is 7.28. The summed E-state index contributed by atoms with van der Waals surface area (Å²) in [6.45, 7) is 1.69. The van der Waals surface area contributed by atoms with Crippen LogP contribution in [0.4, 0.5) is 5.69 Å². The molecule has 1 atom stereocenters. The lowest BCUT2D eigenvalue weighted by Crippen LogP contribution is -2.37. The van der Waals surface area contributed by atoms with Gasteiger partial charge in [-0.2, -0.15) is 5.10 Å². The van der Waals surface area contributed by atoms with Gasteiger partial charge < -0.3 is 10.6 Å². The Morgan fingerprint density at radius 2 is 2.38 bits per heavy atom. The molecule has 2 heterocycles. The van der Waals surface area contributed by atoms with Crippen LogP contribution >= 0.6 is 11.6 Å². The van der Waals surface area contributed by atoms with Crippen LogP contribution in [-0.4, -0.2) is 33.8 Å². The molecule has 1 aromatic heterocycles. The van der Waals surface area contributed by atoms with Crippen LogP contribution in [0.3, 0.4) is 0 Å². The van der Waals surface area contributed by atoms with Gasteiger partial charge in [0.05, 0.1) is 17.3 Å². The second kappa shape index (κ2) is 6.24. The topological polar surface area (TPSA) is 71.8 Å². The minimum atomic E-state index is -0.0127. The molecule has 1 aliphatic rings. The average molecular weight is 306 g/mol. The van der Waals surface area contributed by atoms with Crippen LogP contribution in [0.1, 0.15) is 12.8 Å². The first-order valence-electron chi connectivity index (χ1n) is 6.90. The number of amides is 1. The quantitative estimate of drug-likeness (QED) is 0.908. The van der Waals surface area contributed by atoms with Gasteiger partial charge in [-0.25, -0.2) is 9.67 Å². The van der Waals surface area contributed by atoms with Gasteiger partial charge in [-0.05, 0) is 37.6 Å². The van der Waals surface area contributed by atoms with Gasteiger partial charge in [0.15, 0.2) is 0 Å². The maximum Gasteiger partial charge on any atom is 0.228 e. The smallest absolute Gasteiger partial charge is 0.228 e. The molecule has 0 radical (unpaired) electrons. The van der Waals surface area contributed by atoms with E-state index >= 15 is 0 Å². The second-order valence-corrected chi connectivity index (χ2v) is 5.47. The Hall–Kier alpha value is -1.92. The van der Waals surface area contributed by atoms with Gasteiger partial charge in [0.1, 0.15) is 12.7 Å². The van der Waals surface area contributed by atoms with E-state index in [-0.39, 0.29) is 11.8 Å². The number of benzene rings is 1. The van der Waals surface area contributed by atoms with Crippen molar-refractivity contribution in [1.29, 1.82) is 0 Å². The van der Waals surface area contributed by atoms with Gasteiger partial charge in [0, 0.05) is 11.6 Å². The molecular weight excluding hydrogens is 290 g/mol. The first-order chi connectivity index (χ1) is 10.2. The van der Waals surface area contributed by atoms with E-state index in [1.165, 1.54) is 6.33 Å². The number of carbonyl (C=O) groups is 1. The van der Waals surface area contributed by atoms with Crippen LogP contribution in [0, 0.1) is 5.92 Å². The molecule has 110 valence electrons. The molecule has 1 fully saturated rings. The van der Waals surface area contributed by atoms with Crippen LogP contribution in [0.5, 0.6) is 0 Å². The number of anilines is 1. The van der Waals surface area contributed by atoms with E-state index in [1.54, 1.807) is 23.1 Å². The number of rotatable bonds is 3. The Kier molecular flexibility index (Phi) is 4.17. The molecule has 0 spiro atoms. The summed E-state index contributed by atoms with van der Waals surface area (Å²) < 4.78 is 1.60. The highest BCUT2D eigenvalue weighted by molar-refractivity contribution is 6.31. The summed E-state index contributed by atoms with van der Waals surface area (Å²) in [5, 5.41) is 10.9. The van der Waals surface area contributed by atoms with E-state index in [0.29, 0.717) is 17.3 Å². The highest BCUT2D eigenvalue weighted by Gasteiger charge is 2.22. The standard InChI is InChI=1S/C14H16ClN5O/c15-11-3-4-13(20-9-17-8-18-20)12(6-11)19-14(21)10-2-1-5-16-7-10/h3-4,6,8-10,16H,1-2,5,7H2,(H,19,21). The molecule has 1 amide bonds. The Bertz CT molecular complexity index is 622. The highest BCUT2D eigenvalue weighted by Crippen LogP contribution is 2.25. The zero-order chi connectivity index (χ0) is 14.7. The van der Waals surface area contributed by atoms with Gasteiger partial charge >= 0.3 is 0 Å². The summed E-state index contributed by atoms with van der Waals surface area (Å²) in [5.74, 6) is -0.00726. The van der Waals surface area contributed by atoms with Crippen LogP contribution in [0.2, 0.25) is 5.02 Å². The summed E-state index contributed by atoms with van der Waals surface area (Å²) in [6, 6.07) is 5.30. The molecule has 2 N–H and O–H groups in total. The highest BCUT2D eigenvalue weighted by atomic mass is 35.5. The van der Waals surface area contributed by atoms with E-state index in [2.05, 4.69) is 20.7 Å². The molecule has 0 bridgehead atoms. The molecule has 0 aliphatic carbocycles. The zero-order valence-electron chi connectivity index (χ0n) is 11.4. The van der Waals surface area contributed by atoms with Crippen molar-refractivity contribution in [3.05, 3.63) is 35.9 Å². The normalized spacial score (nSPS) is 18.4. The van der Waals surface area contributed by atoms with E-state index in [4.69, 9.17) is 11.6 Å². The molecule has 0 saturated carbocycles. The number of carbonyl (C=O) groups excluding carboxylic acids is 1. The summed E-state index contributed by atoms with van der Waals surface area (Å²) >= 11 is 6.04. The fourth-order valence-corrected chi connectivity index (χ4v) is 2.62. The molecule has 21 heavy (non-hydrogen) atoms. The van der Waals surface area contributed by atoms with Crippen molar-refractivity contribution in [2.45, 2.75) is 12.8 Å². The lowest BCUT2D eigenvalue weighted by molar-refractivity contribution is -0.120. The summed E-state index contributed by atoms with van der Waals surface area (Å²) in [5.41, 5.74) is 1.39. The SMILES string of the molecule is O=C(Nc1cc(Cl)ccc1-n1cncn1)C1CCCNC1. The number of halogens is 1. The third-order valence-electron chi connectivity index (χ3n) is 3.55. The third-order valence-corrected chi connectivity index (χ3v) is 3.78. The molecule has 1 unspecified atom stereocenters. The first kappa shape index (κ1) is 14.0. The van der Waals surface area contributed by atoms with E-state index in [1.807, 2.05) is 6.07 Å². The largest absolute Gasteiger partial charge is 0.324 e. The number of nitrogens with one attached hydrogen (secondary N) is 2. The van der Waals surface area contributed by atoms with Crippen LogP contribution in [0.15, 0.2) is 30.9 Å². The van der Waals surface area contributed by atoms with Gasteiger partial charge in [0.25, 0.3) is 0 Å². The monoisotopic (exact) mass is 305 g/mol. The minimum absolute atomic E-state index is 0.00540. The van der Waals surface area contributed by atoms with Crippen molar-refractivity contribution in [3.8, 4) is 5.69 Å². The number of aromatic nitrogens is 3. The van der Waals surface area contributed by atoms with Gasteiger partial charge in [0.2, 0.25) is 5.91 Å². The van der Waals surface area contributed by atoms with E-state index in [9.17, 15) is 4.79 Å². The fourth-order valence-electron chi connectivity index (χ4n) is 2.45. The third kappa shape index (κ3) is 3.22. The fraction of sp³-hybridized carbons (Fsp3) is 0.357. The molecule has 2 aromatic rings.